The van der Waals surface area contributed by atoms with Crippen molar-refractivity contribution in [2.45, 2.75) is 46.1 Å². The second-order valence-corrected chi connectivity index (χ2v) is 4.03. The van der Waals surface area contributed by atoms with Crippen LogP contribution in [0.5, 0.6) is 0 Å². The number of rotatable bonds is 3. The second kappa shape index (κ2) is 4.09. The first kappa shape index (κ1) is 11.8. The first-order valence-corrected chi connectivity index (χ1v) is 5.38. The van der Waals surface area contributed by atoms with Crippen molar-refractivity contribution in [3.8, 4) is 0 Å². The molecule has 15 heavy (non-hydrogen) atoms. The average molecular weight is 209 g/mol. The molecule has 1 rings (SSSR count). The molecular weight excluding hydrogens is 190 g/mol. The summed E-state index contributed by atoms with van der Waals surface area (Å²) in [6.07, 6.45) is 3.37. The van der Waals surface area contributed by atoms with Crippen LogP contribution in [-0.4, -0.2) is 16.6 Å². The van der Waals surface area contributed by atoms with Crippen LogP contribution < -0.4 is 5.32 Å². The van der Waals surface area contributed by atoms with Gasteiger partial charge in [0.1, 0.15) is 0 Å². The topological polar surface area (TPSA) is 49.3 Å². The van der Waals surface area contributed by atoms with E-state index in [0.717, 1.165) is 23.3 Å². The number of carbonyl (C=O) groups is 1. The zero-order valence-electron chi connectivity index (χ0n) is 9.85. The zero-order chi connectivity index (χ0) is 11.6. The minimum Gasteiger partial charge on any atom is -0.479 e. The van der Waals surface area contributed by atoms with Gasteiger partial charge in [-0.25, -0.2) is 4.79 Å². The molecule has 0 saturated carbocycles. The molecule has 1 atom stereocenters. The van der Waals surface area contributed by atoms with Gasteiger partial charge in [0.15, 0.2) is 5.54 Å². The molecule has 1 aliphatic heterocycles. The Morgan fingerprint density at radius 1 is 1.47 bits per heavy atom. The average Bonchev–Trinajstić information content (AvgIpc) is 2.18. The molecule has 2 N–H and O–H groups in total. The highest BCUT2D eigenvalue weighted by Gasteiger charge is 2.40. The fourth-order valence-electron chi connectivity index (χ4n) is 2.10. The van der Waals surface area contributed by atoms with Crippen LogP contribution >= 0.6 is 0 Å². The number of aliphatic carboxylic acids is 1. The van der Waals surface area contributed by atoms with Crippen LogP contribution in [0.25, 0.3) is 0 Å². The van der Waals surface area contributed by atoms with Crippen LogP contribution in [0.2, 0.25) is 0 Å². The quantitative estimate of drug-likeness (QED) is 0.750. The lowest BCUT2D eigenvalue weighted by atomic mass is 9.83. The minimum absolute atomic E-state index is 0.557. The van der Waals surface area contributed by atoms with E-state index in [0.29, 0.717) is 6.42 Å². The zero-order valence-corrected chi connectivity index (χ0v) is 9.85. The lowest BCUT2D eigenvalue weighted by Gasteiger charge is -2.36. The second-order valence-electron chi connectivity index (χ2n) is 4.03. The summed E-state index contributed by atoms with van der Waals surface area (Å²) >= 11 is 0. The molecule has 3 nitrogen and oxygen atoms in total. The van der Waals surface area contributed by atoms with Crippen molar-refractivity contribution in [1.82, 2.24) is 5.32 Å². The first-order chi connectivity index (χ1) is 6.97. The standard InChI is InChI=1S/C12H19NO2/c1-5-10-8(3)7-9(4)12(6-2,13-10)11(14)15/h7,13H,5-6H2,1-4H3,(H,14,15). The molecule has 0 aliphatic carbocycles. The van der Waals surface area contributed by atoms with Crippen molar-refractivity contribution in [3.63, 3.8) is 0 Å². The van der Waals surface area contributed by atoms with Gasteiger partial charge in [0, 0.05) is 5.70 Å². The molecule has 3 heteroatoms. The van der Waals surface area contributed by atoms with Crippen molar-refractivity contribution >= 4 is 5.97 Å². The SMILES string of the molecule is CCC1=C(C)C=C(C)C(CC)(C(=O)O)N1. The van der Waals surface area contributed by atoms with E-state index >= 15 is 0 Å². The first-order valence-electron chi connectivity index (χ1n) is 5.38. The molecule has 1 aliphatic rings. The van der Waals surface area contributed by atoms with Crippen molar-refractivity contribution in [3.05, 3.63) is 22.9 Å². The van der Waals surface area contributed by atoms with Crippen LogP contribution in [0.1, 0.15) is 40.5 Å². The molecule has 0 bridgehead atoms. The van der Waals surface area contributed by atoms with Crippen LogP contribution in [0.3, 0.4) is 0 Å². The summed E-state index contributed by atoms with van der Waals surface area (Å²) in [5.41, 5.74) is 2.16. The van der Waals surface area contributed by atoms with Gasteiger partial charge in [0.2, 0.25) is 0 Å². The summed E-state index contributed by atoms with van der Waals surface area (Å²) in [6, 6.07) is 0. The van der Waals surface area contributed by atoms with Gasteiger partial charge in [0.05, 0.1) is 0 Å². The number of carboxylic acid groups (broad SMARTS) is 1. The van der Waals surface area contributed by atoms with Crippen LogP contribution in [-0.2, 0) is 4.79 Å². The van der Waals surface area contributed by atoms with Crippen LogP contribution in [0.4, 0.5) is 0 Å². The lowest BCUT2D eigenvalue weighted by Crippen LogP contribution is -2.53. The monoisotopic (exact) mass is 209 g/mol. The Kier molecular flexibility index (Phi) is 3.22. The fourth-order valence-corrected chi connectivity index (χ4v) is 2.10. The summed E-state index contributed by atoms with van der Waals surface area (Å²) in [5, 5.41) is 12.5. The van der Waals surface area contributed by atoms with Gasteiger partial charge in [0.25, 0.3) is 0 Å². The van der Waals surface area contributed by atoms with Crippen molar-refractivity contribution in [2.24, 2.45) is 0 Å². The Morgan fingerprint density at radius 3 is 2.47 bits per heavy atom. The lowest BCUT2D eigenvalue weighted by molar-refractivity contribution is -0.143. The Hall–Kier alpha value is -1.25. The molecule has 0 fully saturated rings. The summed E-state index contributed by atoms with van der Waals surface area (Å²) < 4.78 is 0. The van der Waals surface area contributed by atoms with Crippen LogP contribution in [0, 0.1) is 0 Å². The van der Waals surface area contributed by atoms with Gasteiger partial charge < -0.3 is 10.4 Å². The third-order valence-corrected chi connectivity index (χ3v) is 3.20. The van der Waals surface area contributed by atoms with Crippen molar-refractivity contribution in [2.75, 3.05) is 0 Å². The maximum Gasteiger partial charge on any atom is 0.333 e. The van der Waals surface area contributed by atoms with E-state index in [1.165, 1.54) is 0 Å². The maximum atomic E-state index is 11.4. The molecular formula is C12H19NO2. The third-order valence-electron chi connectivity index (χ3n) is 3.20. The number of carboxylic acids is 1. The number of nitrogens with one attached hydrogen (secondary N) is 1. The van der Waals surface area contributed by atoms with Gasteiger partial charge in [-0.15, -0.1) is 0 Å². The van der Waals surface area contributed by atoms with E-state index in [2.05, 4.69) is 5.32 Å². The van der Waals surface area contributed by atoms with Gasteiger partial charge in [-0.1, -0.05) is 19.9 Å². The van der Waals surface area contributed by atoms with Crippen molar-refractivity contribution in [1.29, 1.82) is 0 Å². The van der Waals surface area contributed by atoms with Crippen LogP contribution in [0.15, 0.2) is 22.9 Å². The Balaban J connectivity index is 3.19. The molecule has 84 valence electrons. The minimum atomic E-state index is -0.898. The molecule has 0 saturated heterocycles. The molecule has 0 aromatic rings. The van der Waals surface area contributed by atoms with E-state index in [9.17, 15) is 9.90 Å². The molecule has 0 aromatic carbocycles. The van der Waals surface area contributed by atoms with Crippen molar-refractivity contribution < 1.29 is 9.90 Å². The highest BCUT2D eigenvalue weighted by atomic mass is 16.4. The Morgan fingerprint density at radius 2 is 2.07 bits per heavy atom. The highest BCUT2D eigenvalue weighted by Crippen LogP contribution is 2.30. The van der Waals surface area contributed by atoms with Gasteiger partial charge in [-0.2, -0.15) is 0 Å². The van der Waals surface area contributed by atoms with Gasteiger partial charge in [-0.05, 0) is 37.8 Å². The van der Waals surface area contributed by atoms with E-state index in [4.69, 9.17) is 0 Å². The molecule has 1 unspecified atom stereocenters. The smallest absolute Gasteiger partial charge is 0.333 e. The summed E-state index contributed by atoms with van der Waals surface area (Å²) in [7, 11) is 0. The molecule has 1 heterocycles. The van der Waals surface area contributed by atoms with E-state index in [1.54, 1.807) is 0 Å². The number of hydrogen-bond acceptors (Lipinski definition) is 2. The fraction of sp³-hybridized carbons (Fsp3) is 0.583. The summed E-state index contributed by atoms with van der Waals surface area (Å²) in [4.78, 5) is 11.4. The number of allylic oxidation sites excluding steroid dienone is 3. The Bertz CT molecular complexity index is 342. The largest absolute Gasteiger partial charge is 0.479 e. The predicted molar refractivity (Wildman–Crippen MR) is 60.5 cm³/mol. The van der Waals surface area contributed by atoms with E-state index in [1.807, 2.05) is 33.8 Å². The predicted octanol–water partition coefficient (Wildman–Crippen LogP) is 2.45. The van der Waals surface area contributed by atoms with E-state index < -0.39 is 11.5 Å². The summed E-state index contributed by atoms with van der Waals surface area (Å²) in [6.45, 7) is 7.81. The highest BCUT2D eigenvalue weighted by molar-refractivity contribution is 5.84. The Labute approximate surface area is 90.9 Å². The molecule has 0 spiro atoms. The molecule has 0 aromatic heterocycles. The van der Waals surface area contributed by atoms with E-state index in [-0.39, 0.29) is 0 Å². The molecule has 0 radical (unpaired) electrons. The van der Waals surface area contributed by atoms with Gasteiger partial charge >= 0.3 is 5.97 Å². The third kappa shape index (κ3) is 1.78. The molecule has 0 amide bonds. The normalized spacial score (nSPS) is 26.0. The summed E-state index contributed by atoms with van der Waals surface area (Å²) in [5.74, 6) is -0.794. The maximum absolute atomic E-state index is 11.4. The number of hydrogen-bond donors (Lipinski definition) is 2. The van der Waals surface area contributed by atoms with Gasteiger partial charge in [-0.3, -0.25) is 0 Å². The number of dihydropyridines is 1.